The average molecular weight is 370 g/mol. The van der Waals surface area contributed by atoms with Gasteiger partial charge in [-0.05, 0) is 83.1 Å². The number of piperidine rings is 2. The summed E-state index contributed by atoms with van der Waals surface area (Å²) < 4.78 is 0. The largest absolute Gasteiger partial charge is 0.353 e. The highest BCUT2D eigenvalue weighted by molar-refractivity contribution is 5.79. The molecule has 2 heterocycles. The lowest BCUT2D eigenvalue weighted by Gasteiger charge is -2.42. The number of nitrogens with one attached hydrogen (secondary N) is 1. The second-order valence-corrected chi connectivity index (χ2v) is 9.05. The Morgan fingerprint density at radius 2 is 1.85 bits per heavy atom. The highest BCUT2D eigenvalue weighted by Crippen LogP contribution is 2.26. The van der Waals surface area contributed by atoms with E-state index in [0.29, 0.717) is 18.0 Å². The van der Waals surface area contributed by atoms with Crippen molar-refractivity contribution in [2.24, 2.45) is 5.92 Å². The van der Waals surface area contributed by atoms with Gasteiger partial charge in [0.2, 0.25) is 5.91 Å². The van der Waals surface area contributed by atoms with E-state index in [2.05, 4.69) is 47.2 Å². The van der Waals surface area contributed by atoms with Gasteiger partial charge in [-0.3, -0.25) is 14.6 Å². The Kier molecular flexibility index (Phi) is 5.84. The van der Waals surface area contributed by atoms with Crippen molar-refractivity contribution in [1.29, 1.82) is 0 Å². The molecule has 0 unspecified atom stereocenters. The van der Waals surface area contributed by atoms with E-state index in [1.54, 1.807) is 0 Å². The minimum absolute atomic E-state index is 0.215. The van der Waals surface area contributed by atoms with Crippen molar-refractivity contribution in [2.75, 3.05) is 26.2 Å². The summed E-state index contributed by atoms with van der Waals surface area (Å²) in [6.07, 6.45) is 7.08. The fraction of sp³-hybridized carbons (Fsp3) is 0.696. The second-order valence-electron chi connectivity index (χ2n) is 9.05. The Hall–Kier alpha value is -1.39. The van der Waals surface area contributed by atoms with Crippen LogP contribution in [0.5, 0.6) is 0 Å². The Morgan fingerprint density at radius 3 is 2.59 bits per heavy atom. The van der Waals surface area contributed by atoms with Gasteiger partial charge in [-0.2, -0.15) is 0 Å². The maximum absolute atomic E-state index is 12.4. The van der Waals surface area contributed by atoms with E-state index in [0.717, 1.165) is 19.5 Å². The van der Waals surface area contributed by atoms with Gasteiger partial charge in [0, 0.05) is 25.2 Å². The van der Waals surface area contributed by atoms with Gasteiger partial charge in [-0.25, -0.2) is 0 Å². The molecule has 148 valence electrons. The number of amides is 1. The van der Waals surface area contributed by atoms with Gasteiger partial charge in [-0.1, -0.05) is 23.8 Å². The molecule has 0 radical (unpaired) electrons. The quantitative estimate of drug-likeness (QED) is 0.865. The van der Waals surface area contributed by atoms with Gasteiger partial charge < -0.3 is 5.32 Å². The maximum atomic E-state index is 12.4. The molecule has 4 rings (SSSR count). The molecule has 1 aromatic carbocycles. The molecule has 0 spiro atoms. The van der Waals surface area contributed by atoms with Crippen molar-refractivity contribution >= 4 is 5.91 Å². The monoisotopic (exact) mass is 369 g/mol. The fourth-order valence-electron chi connectivity index (χ4n) is 4.75. The lowest BCUT2D eigenvalue weighted by atomic mass is 9.93. The Balaban J connectivity index is 1.27. The Labute approximate surface area is 164 Å². The Morgan fingerprint density at radius 1 is 1.07 bits per heavy atom. The van der Waals surface area contributed by atoms with Crippen LogP contribution in [0.25, 0.3) is 0 Å². The third-order valence-corrected chi connectivity index (χ3v) is 6.72. The van der Waals surface area contributed by atoms with Crippen molar-refractivity contribution in [3.05, 3.63) is 34.9 Å². The maximum Gasteiger partial charge on any atom is 0.224 e. The number of nitrogens with zero attached hydrogens (tertiary/aromatic N) is 2. The van der Waals surface area contributed by atoms with Gasteiger partial charge in [0.1, 0.15) is 0 Å². The van der Waals surface area contributed by atoms with Crippen molar-refractivity contribution < 1.29 is 4.79 Å². The molecule has 1 aliphatic carbocycles. The van der Waals surface area contributed by atoms with Crippen LogP contribution in [-0.2, 0) is 11.3 Å². The SMILES string of the molecule is Cc1ccc(C)c(CN2CCC(N3CCC[C@H](C(=O)NC4CC4)C3)CC2)c1. The van der Waals surface area contributed by atoms with Crippen molar-refractivity contribution in [3.63, 3.8) is 0 Å². The van der Waals surface area contributed by atoms with Crippen LogP contribution >= 0.6 is 0 Å². The zero-order valence-electron chi connectivity index (χ0n) is 17.0. The molecule has 3 aliphatic rings. The van der Waals surface area contributed by atoms with E-state index in [-0.39, 0.29) is 5.92 Å². The number of hydrogen-bond donors (Lipinski definition) is 1. The zero-order valence-corrected chi connectivity index (χ0v) is 17.0. The highest BCUT2D eigenvalue weighted by atomic mass is 16.2. The standard InChI is InChI=1S/C23H35N3O/c1-17-5-6-18(2)20(14-17)15-25-12-9-22(10-13-25)26-11-3-4-19(16-26)23(27)24-21-7-8-21/h5-6,14,19,21-22H,3-4,7-13,15-16H2,1-2H3,(H,24,27)/t19-/m0/s1. The van der Waals surface area contributed by atoms with Crippen LogP contribution in [-0.4, -0.2) is 54.0 Å². The zero-order chi connectivity index (χ0) is 18.8. The molecule has 4 nitrogen and oxygen atoms in total. The third-order valence-electron chi connectivity index (χ3n) is 6.72. The lowest BCUT2D eigenvalue weighted by Crippen LogP contribution is -2.50. The van der Waals surface area contributed by atoms with Crippen LogP contribution in [0, 0.1) is 19.8 Å². The molecular formula is C23H35N3O. The molecule has 1 aromatic rings. The minimum atomic E-state index is 0.215. The molecule has 1 amide bonds. The summed E-state index contributed by atoms with van der Waals surface area (Å²) in [5.41, 5.74) is 4.24. The van der Waals surface area contributed by atoms with E-state index in [1.807, 2.05) is 0 Å². The van der Waals surface area contributed by atoms with Gasteiger partial charge in [0.25, 0.3) is 0 Å². The molecule has 2 aliphatic heterocycles. The summed E-state index contributed by atoms with van der Waals surface area (Å²) in [5.74, 6) is 0.530. The summed E-state index contributed by atoms with van der Waals surface area (Å²) >= 11 is 0. The van der Waals surface area contributed by atoms with Crippen LogP contribution in [0.15, 0.2) is 18.2 Å². The van der Waals surface area contributed by atoms with Crippen molar-refractivity contribution in [3.8, 4) is 0 Å². The molecule has 2 saturated heterocycles. The number of benzene rings is 1. The predicted octanol–water partition coefficient (Wildman–Crippen LogP) is 3.26. The predicted molar refractivity (Wildman–Crippen MR) is 110 cm³/mol. The van der Waals surface area contributed by atoms with E-state index in [4.69, 9.17) is 0 Å². The summed E-state index contributed by atoms with van der Waals surface area (Å²) in [4.78, 5) is 17.7. The summed E-state index contributed by atoms with van der Waals surface area (Å²) in [6.45, 7) is 9.98. The number of carbonyl (C=O) groups excluding carboxylic acids is 1. The van der Waals surface area contributed by atoms with Crippen molar-refractivity contribution in [1.82, 2.24) is 15.1 Å². The first kappa shape index (κ1) is 18.9. The number of carbonyl (C=O) groups is 1. The van der Waals surface area contributed by atoms with E-state index < -0.39 is 0 Å². The van der Waals surface area contributed by atoms with E-state index in [1.165, 1.54) is 68.4 Å². The molecule has 27 heavy (non-hydrogen) atoms. The minimum Gasteiger partial charge on any atom is -0.353 e. The van der Waals surface area contributed by atoms with Crippen LogP contribution in [0.2, 0.25) is 0 Å². The molecule has 1 N–H and O–H groups in total. The summed E-state index contributed by atoms with van der Waals surface area (Å²) in [6, 6.07) is 7.95. The third kappa shape index (κ3) is 4.91. The Bertz CT molecular complexity index is 662. The second kappa shape index (κ2) is 8.32. The van der Waals surface area contributed by atoms with E-state index in [9.17, 15) is 4.79 Å². The molecular weight excluding hydrogens is 334 g/mol. The summed E-state index contributed by atoms with van der Waals surface area (Å²) in [5, 5.41) is 3.22. The molecule has 3 fully saturated rings. The van der Waals surface area contributed by atoms with Gasteiger partial charge in [0.15, 0.2) is 0 Å². The first-order valence-electron chi connectivity index (χ1n) is 10.9. The van der Waals surface area contributed by atoms with Crippen molar-refractivity contribution in [2.45, 2.75) is 71.0 Å². The molecule has 4 heteroatoms. The lowest BCUT2D eigenvalue weighted by molar-refractivity contribution is -0.127. The van der Waals surface area contributed by atoms with Gasteiger partial charge in [-0.15, -0.1) is 0 Å². The molecule has 0 aromatic heterocycles. The van der Waals surface area contributed by atoms with Crippen LogP contribution in [0.3, 0.4) is 0 Å². The first-order valence-corrected chi connectivity index (χ1v) is 10.9. The first-order chi connectivity index (χ1) is 13.1. The van der Waals surface area contributed by atoms with Gasteiger partial charge >= 0.3 is 0 Å². The van der Waals surface area contributed by atoms with Gasteiger partial charge in [0.05, 0.1) is 5.92 Å². The number of hydrogen-bond acceptors (Lipinski definition) is 3. The number of aryl methyl sites for hydroxylation is 2. The smallest absolute Gasteiger partial charge is 0.224 e. The fourth-order valence-corrected chi connectivity index (χ4v) is 4.75. The number of likely N-dealkylation sites (tertiary alicyclic amines) is 2. The van der Waals surface area contributed by atoms with Crippen LogP contribution in [0.1, 0.15) is 55.2 Å². The number of rotatable bonds is 5. The highest BCUT2D eigenvalue weighted by Gasteiger charge is 2.33. The average Bonchev–Trinajstić information content (AvgIpc) is 3.49. The summed E-state index contributed by atoms with van der Waals surface area (Å²) in [7, 11) is 0. The molecule has 0 bridgehead atoms. The van der Waals surface area contributed by atoms with Crippen LogP contribution < -0.4 is 5.32 Å². The molecule has 1 saturated carbocycles. The van der Waals surface area contributed by atoms with E-state index >= 15 is 0 Å². The molecule has 1 atom stereocenters. The normalized spacial score (nSPS) is 25.5. The van der Waals surface area contributed by atoms with Crippen LogP contribution in [0.4, 0.5) is 0 Å². The topological polar surface area (TPSA) is 35.6 Å².